The number of hydrogen-bond acceptors (Lipinski definition) is 4. The third kappa shape index (κ3) is 4.88. The van der Waals surface area contributed by atoms with Crippen LogP contribution in [-0.2, 0) is 13.0 Å². The Morgan fingerprint density at radius 3 is 2.26 bits per heavy atom. The van der Waals surface area contributed by atoms with Gasteiger partial charge in [-0.1, -0.05) is 22.0 Å². The summed E-state index contributed by atoms with van der Waals surface area (Å²) in [4.78, 5) is 0. The maximum absolute atomic E-state index is 5.38. The molecule has 0 fully saturated rings. The van der Waals surface area contributed by atoms with Crippen LogP contribution in [0.1, 0.15) is 11.1 Å². The van der Waals surface area contributed by atoms with Crippen LogP contribution < -0.4 is 19.5 Å². The minimum Gasteiger partial charge on any atom is -0.496 e. The van der Waals surface area contributed by atoms with Crippen molar-refractivity contribution in [3.8, 4) is 17.2 Å². The molecule has 23 heavy (non-hydrogen) atoms. The average molecular weight is 380 g/mol. The summed E-state index contributed by atoms with van der Waals surface area (Å²) in [6, 6.07) is 12.0. The number of hydrogen-bond donors (Lipinski definition) is 1. The summed E-state index contributed by atoms with van der Waals surface area (Å²) in [6.07, 6.45) is 0.913. The highest BCUT2D eigenvalue weighted by Crippen LogP contribution is 2.27. The molecule has 0 heterocycles. The van der Waals surface area contributed by atoms with Crippen LogP contribution in [0, 0.1) is 0 Å². The Balaban J connectivity index is 1.89. The standard InChI is InChI=1S/C18H22BrNO3/c1-21-16-7-5-15(19)11-14(16)12-20-9-8-13-4-6-17(22-2)18(10-13)23-3/h4-7,10-11,20H,8-9,12H2,1-3H3. The van der Waals surface area contributed by atoms with Crippen LogP contribution in [0.15, 0.2) is 40.9 Å². The molecule has 0 aliphatic rings. The summed E-state index contributed by atoms with van der Waals surface area (Å²) in [5.41, 5.74) is 2.34. The van der Waals surface area contributed by atoms with E-state index in [0.29, 0.717) is 0 Å². The van der Waals surface area contributed by atoms with Gasteiger partial charge in [0.05, 0.1) is 21.3 Å². The van der Waals surface area contributed by atoms with Gasteiger partial charge in [-0.2, -0.15) is 0 Å². The molecule has 0 bridgehead atoms. The molecule has 1 N–H and O–H groups in total. The van der Waals surface area contributed by atoms with Crippen LogP contribution in [0.3, 0.4) is 0 Å². The van der Waals surface area contributed by atoms with E-state index in [-0.39, 0.29) is 0 Å². The largest absolute Gasteiger partial charge is 0.496 e. The third-order valence-corrected chi connectivity index (χ3v) is 4.09. The maximum atomic E-state index is 5.38. The molecule has 5 heteroatoms. The summed E-state index contributed by atoms with van der Waals surface area (Å²) in [5.74, 6) is 2.41. The number of rotatable bonds is 8. The van der Waals surface area contributed by atoms with Crippen LogP contribution in [-0.4, -0.2) is 27.9 Å². The molecule has 0 saturated carbocycles. The van der Waals surface area contributed by atoms with Crippen LogP contribution >= 0.6 is 15.9 Å². The fraction of sp³-hybridized carbons (Fsp3) is 0.333. The van der Waals surface area contributed by atoms with E-state index in [1.165, 1.54) is 5.56 Å². The van der Waals surface area contributed by atoms with E-state index in [1.807, 2.05) is 24.3 Å². The maximum Gasteiger partial charge on any atom is 0.160 e. The first-order chi connectivity index (χ1) is 11.2. The Morgan fingerprint density at radius 1 is 0.870 bits per heavy atom. The zero-order valence-electron chi connectivity index (χ0n) is 13.7. The van der Waals surface area contributed by atoms with Gasteiger partial charge >= 0.3 is 0 Å². The van der Waals surface area contributed by atoms with E-state index in [2.05, 4.69) is 33.4 Å². The van der Waals surface area contributed by atoms with Gasteiger partial charge in [-0.25, -0.2) is 0 Å². The van der Waals surface area contributed by atoms with Crippen molar-refractivity contribution in [2.75, 3.05) is 27.9 Å². The number of halogens is 1. The van der Waals surface area contributed by atoms with Crippen molar-refractivity contribution in [2.24, 2.45) is 0 Å². The number of benzene rings is 2. The zero-order valence-corrected chi connectivity index (χ0v) is 15.3. The highest BCUT2D eigenvalue weighted by molar-refractivity contribution is 9.10. The summed E-state index contributed by atoms with van der Waals surface area (Å²) in [5, 5.41) is 3.45. The van der Waals surface area contributed by atoms with Gasteiger partial charge in [0, 0.05) is 16.6 Å². The molecule has 0 atom stereocenters. The van der Waals surface area contributed by atoms with Gasteiger partial charge < -0.3 is 19.5 Å². The second-order valence-electron chi connectivity index (χ2n) is 5.07. The Bertz CT molecular complexity index is 646. The van der Waals surface area contributed by atoms with Crippen LogP contribution in [0.25, 0.3) is 0 Å². The predicted molar refractivity (Wildman–Crippen MR) is 95.7 cm³/mol. The van der Waals surface area contributed by atoms with Crippen molar-refractivity contribution in [3.05, 3.63) is 52.0 Å². The van der Waals surface area contributed by atoms with Gasteiger partial charge in [0.25, 0.3) is 0 Å². The number of methoxy groups -OCH3 is 3. The van der Waals surface area contributed by atoms with Gasteiger partial charge in [0.2, 0.25) is 0 Å². The van der Waals surface area contributed by atoms with E-state index in [4.69, 9.17) is 14.2 Å². The van der Waals surface area contributed by atoms with Crippen LogP contribution in [0.5, 0.6) is 17.2 Å². The first kappa shape index (κ1) is 17.6. The SMILES string of the molecule is COc1ccc(Br)cc1CNCCc1ccc(OC)c(OC)c1. The molecular formula is C18H22BrNO3. The molecule has 0 spiro atoms. The first-order valence-corrected chi connectivity index (χ1v) is 8.21. The van der Waals surface area contributed by atoms with Crippen molar-refractivity contribution < 1.29 is 14.2 Å². The van der Waals surface area contributed by atoms with Crippen molar-refractivity contribution in [2.45, 2.75) is 13.0 Å². The smallest absolute Gasteiger partial charge is 0.160 e. The fourth-order valence-corrected chi connectivity index (χ4v) is 2.79. The third-order valence-electron chi connectivity index (χ3n) is 3.60. The lowest BCUT2D eigenvalue weighted by molar-refractivity contribution is 0.354. The molecule has 0 aliphatic heterocycles. The Hall–Kier alpha value is -1.72. The molecule has 0 amide bonds. The molecule has 2 aromatic carbocycles. The number of ether oxygens (including phenoxy) is 3. The zero-order chi connectivity index (χ0) is 16.7. The van der Waals surface area contributed by atoms with Gasteiger partial charge in [-0.05, 0) is 48.9 Å². The van der Waals surface area contributed by atoms with Crippen molar-refractivity contribution in [3.63, 3.8) is 0 Å². The van der Waals surface area contributed by atoms with Crippen molar-refractivity contribution >= 4 is 15.9 Å². The van der Waals surface area contributed by atoms with Gasteiger partial charge in [-0.15, -0.1) is 0 Å². The summed E-state index contributed by atoms with van der Waals surface area (Å²) >= 11 is 3.49. The molecule has 124 valence electrons. The van der Waals surface area contributed by atoms with E-state index in [0.717, 1.165) is 46.8 Å². The van der Waals surface area contributed by atoms with Gasteiger partial charge in [0.1, 0.15) is 5.75 Å². The average Bonchev–Trinajstić information content (AvgIpc) is 2.58. The van der Waals surface area contributed by atoms with E-state index < -0.39 is 0 Å². The molecule has 2 aromatic rings. The Labute approximate surface area is 145 Å². The number of nitrogens with one attached hydrogen (secondary N) is 1. The van der Waals surface area contributed by atoms with Crippen molar-refractivity contribution in [1.29, 1.82) is 0 Å². The Morgan fingerprint density at radius 2 is 1.57 bits per heavy atom. The molecule has 0 unspecified atom stereocenters. The first-order valence-electron chi connectivity index (χ1n) is 7.42. The minimum atomic E-state index is 0.753. The topological polar surface area (TPSA) is 39.7 Å². The van der Waals surface area contributed by atoms with Crippen molar-refractivity contribution in [1.82, 2.24) is 5.32 Å². The summed E-state index contributed by atoms with van der Waals surface area (Å²) in [7, 11) is 4.99. The molecule has 0 aliphatic carbocycles. The Kier molecular flexibility index (Phi) is 6.74. The lowest BCUT2D eigenvalue weighted by atomic mass is 10.1. The fourth-order valence-electron chi connectivity index (χ4n) is 2.38. The quantitative estimate of drug-likeness (QED) is 0.707. The predicted octanol–water partition coefficient (Wildman–Crippen LogP) is 3.81. The highest BCUT2D eigenvalue weighted by atomic mass is 79.9. The van der Waals surface area contributed by atoms with E-state index in [1.54, 1.807) is 21.3 Å². The molecule has 0 radical (unpaired) electrons. The second kappa shape index (κ2) is 8.79. The molecule has 2 rings (SSSR count). The summed E-state index contributed by atoms with van der Waals surface area (Å²) in [6.45, 7) is 1.63. The molecular weight excluding hydrogens is 358 g/mol. The van der Waals surface area contributed by atoms with E-state index >= 15 is 0 Å². The lowest BCUT2D eigenvalue weighted by Gasteiger charge is -2.11. The normalized spacial score (nSPS) is 10.4. The van der Waals surface area contributed by atoms with Crippen LogP contribution in [0.2, 0.25) is 0 Å². The highest BCUT2D eigenvalue weighted by Gasteiger charge is 2.06. The lowest BCUT2D eigenvalue weighted by Crippen LogP contribution is -2.17. The summed E-state index contributed by atoms with van der Waals surface area (Å²) < 4.78 is 17.0. The monoisotopic (exact) mass is 379 g/mol. The van der Waals surface area contributed by atoms with Gasteiger partial charge in [-0.3, -0.25) is 0 Å². The minimum absolute atomic E-state index is 0.753. The van der Waals surface area contributed by atoms with Gasteiger partial charge in [0.15, 0.2) is 11.5 Å². The van der Waals surface area contributed by atoms with Crippen LogP contribution in [0.4, 0.5) is 0 Å². The second-order valence-corrected chi connectivity index (χ2v) is 5.99. The molecule has 0 aromatic heterocycles. The molecule has 4 nitrogen and oxygen atoms in total. The molecule has 0 saturated heterocycles. The van der Waals surface area contributed by atoms with E-state index in [9.17, 15) is 0 Å².